The summed E-state index contributed by atoms with van der Waals surface area (Å²) in [5, 5.41) is 15.4. The summed E-state index contributed by atoms with van der Waals surface area (Å²) in [6.45, 7) is -0.348. The lowest BCUT2D eigenvalue weighted by Crippen LogP contribution is -2.46. The van der Waals surface area contributed by atoms with Crippen LogP contribution in [0.2, 0.25) is 0 Å². The zero-order valence-electron chi connectivity index (χ0n) is 16.6. The molecule has 2 heterocycles. The van der Waals surface area contributed by atoms with E-state index < -0.39 is 41.8 Å². The van der Waals surface area contributed by atoms with Gasteiger partial charge in [-0.1, -0.05) is 0 Å². The van der Waals surface area contributed by atoms with Crippen molar-refractivity contribution in [3.05, 3.63) is 58.9 Å². The van der Waals surface area contributed by atoms with E-state index in [4.69, 9.17) is 4.74 Å². The number of carbonyl (C=O) groups is 3. The Hall–Kier alpha value is -3.60. The second-order valence-corrected chi connectivity index (χ2v) is 7.50. The first-order chi connectivity index (χ1) is 15.2. The molecule has 2 aromatic carbocycles. The Morgan fingerprint density at radius 3 is 2.59 bits per heavy atom. The van der Waals surface area contributed by atoms with Gasteiger partial charge in [-0.25, -0.2) is 18.0 Å². The number of benzene rings is 2. The van der Waals surface area contributed by atoms with E-state index in [0.29, 0.717) is 36.3 Å². The normalized spacial score (nSPS) is 20.1. The lowest BCUT2D eigenvalue weighted by molar-refractivity contribution is -0.175. The number of halogens is 3. The molecule has 0 saturated carbocycles. The molecule has 1 fully saturated rings. The Morgan fingerprint density at radius 1 is 1.16 bits per heavy atom. The second kappa shape index (κ2) is 8.15. The minimum absolute atomic E-state index is 0.0716. The number of anilines is 2. The van der Waals surface area contributed by atoms with E-state index in [1.54, 1.807) is 18.2 Å². The van der Waals surface area contributed by atoms with E-state index >= 15 is 0 Å². The van der Waals surface area contributed by atoms with Crippen molar-refractivity contribution in [2.75, 3.05) is 16.8 Å². The highest BCUT2D eigenvalue weighted by atomic mass is 19.2. The molecule has 0 bridgehead atoms. The topological polar surface area (TPSA) is 108 Å². The molecule has 2 aliphatic rings. The van der Waals surface area contributed by atoms with Gasteiger partial charge in [0.2, 0.25) is 5.91 Å². The molecule has 11 heteroatoms. The summed E-state index contributed by atoms with van der Waals surface area (Å²) in [5.74, 6) is -7.84. The molecule has 0 aromatic heterocycles. The lowest BCUT2D eigenvalue weighted by atomic mass is 10.0. The first-order valence-electron chi connectivity index (χ1n) is 9.74. The van der Waals surface area contributed by atoms with Gasteiger partial charge in [-0.05, 0) is 47.9 Å². The van der Waals surface area contributed by atoms with E-state index in [1.807, 2.05) is 0 Å². The Kier molecular flexibility index (Phi) is 5.51. The Morgan fingerprint density at radius 2 is 1.88 bits per heavy atom. The average Bonchev–Trinajstić information content (AvgIpc) is 3.04. The van der Waals surface area contributed by atoms with Gasteiger partial charge in [0.25, 0.3) is 11.7 Å². The van der Waals surface area contributed by atoms with Crippen molar-refractivity contribution >= 4 is 29.3 Å². The quantitative estimate of drug-likeness (QED) is 0.491. The molecule has 2 aliphatic heterocycles. The molecule has 8 nitrogen and oxygen atoms in total. The van der Waals surface area contributed by atoms with Crippen molar-refractivity contribution in [1.29, 1.82) is 0 Å². The van der Waals surface area contributed by atoms with Crippen LogP contribution >= 0.6 is 0 Å². The van der Waals surface area contributed by atoms with Gasteiger partial charge in [-0.2, -0.15) is 0 Å². The van der Waals surface area contributed by atoms with E-state index in [2.05, 4.69) is 10.6 Å². The second-order valence-electron chi connectivity index (χ2n) is 7.50. The van der Waals surface area contributed by atoms with Crippen LogP contribution < -0.4 is 15.5 Å². The molecule has 2 aromatic rings. The van der Waals surface area contributed by atoms with Crippen molar-refractivity contribution in [2.45, 2.75) is 31.6 Å². The van der Waals surface area contributed by atoms with Crippen molar-refractivity contribution in [3.8, 4) is 0 Å². The van der Waals surface area contributed by atoms with Crippen molar-refractivity contribution in [2.24, 2.45) is 0 Å². The molecule has 168 valence electrons. The molecule has 4 rings (SSSR count). The molecule has 3 amide bonds. The summed E-state index contributed by atoms with van der Waals surface area (Å²) in [6, 6.07) is 6.38. The SMILES string of the molecule is O=C1CCc2cc(N3CC[C@](O)(OC(=O)NCc4cc(F)c(F)c(F)c4)C3=O)ccc2N1. The minimum Gasteiger partial charge on any atom is -0.407 e. The van der Waals surface area contributed by atoms with Gasteiger partial charge >= 0.3 is 6.09 Å². The predicted octanol–water partition coefficient (Wildman–Crippen LogP) is 2.34. The number of hydrogen-bond donors (Lipinski definition) is 3. The average molecular weight is 449 g/mol. The van der Waals surface area contributed by atoms with Crippen molar-refractivity contribution < 1.29 is 37.4 Å². The molecule has 0 spiro atoms. The number of fused-ring (bicyclic) bond motifs is 1. The summed E-state index contributed by atoms with van der Waals surface area (Å²) < 4.78 is 44.4. The number of carbonyl (C=O) groups excluding carboxylic acids is 3. The molecule has 0 radical (unpaired) electrons. The van der Waals surface area contributed by atoms with E-state index in [1.165, 1.54) is 4.90 Å². The van der Waals surface area contributed by atoms with Gasteiger partial charge in [-0.15, -0.1) is 0 Å². The summed E-state index contributed by atoms with van der Waals surface area (Å²) in [7, 11) is 0. The molecule has 1 saturated heterocycles. The van der Waals surface area contributed by atoms with Crippen molar-refractivity contribution in [1.82, 2.24) is 5.32 Å². The van der Waals surface area contributed by atoms with Crippen LogP contribution in [-0.4, -0.2) is 35.3 Å². The number of aryl methyl sites for hydroxylation is 1. The Bertz CT molecular complexity index is 1100. The van der Waals surface area contributed by atoms with E-state index in [0.717, 1.165) is 5.56 Å². The first-order valence-corrected chi connectivity index (χ1v) is 9.74. The summed E-state index contributed by atoms with van der Waals surface area (Å²) in [5.41, 5.74) is 1.88. The largest absolute Gasteiger partial charge is 0.410 e. The van der Waals surface area contributed by atoms with Crippen LogP contribution in [0.1, 0.15) is 24.0 Å². The van der Waals surface area contributed by atoms with Crippen LogP contribution in [0.5, 0.6) is 0 Å². The summed E-state index contributed by atoms with van der Waals surface area (Å²) in [4.78, 5) is 37.5. The monoisotopic (exact) mass is 449 g/mol. The molecule has 0 aliphatic carbocycles. The Labute approximate surface area is 180 Å². The van der Waals surface area contributed by atoms with Crippen molar-refractivity contribution in [3.63, 3.8) is 0 Å². The van der Waals surface area contributed by atoms with Gasteiger partial charge in [0.15, 0.2) is 17.5 Å². The maximum atomic E-state index is 13.3. The van der Waals surface area contributed by atoms with E-state index in [9.17, 15) is 32.7 Å². The van der Waals surface area contributed by atoms with Gasteiger partial charge in [0.1, 0.15) is 0 Å². The van der Waals surface area contributed by atoms with Gasteiger partial charge < -0.3 is 25.4 Å². The van der Waals surface area contributed by atoms with Crippen LogP contribution in [-0.2, 0) is 27.3 Å². The zero-order chi connectivity index (χ0) is 23.0. The number of aliphatic hydroxyl groups is 1. The van der Waals surface area contributed by atoms with Crippen LogP contribution in [0, 0.1) is 17.5 Å². The number of ether oxygens (including phenoxy) is 1. The number of alkyl carbamates (subject to hydrolysis) is 1. The third kappa shape index (κ3) is 4.11. The van der Waals surface area contributed by atoms with Gasteiger partial charge in [-0.3, -0.25) is 9.59 Å². The molecule has 3 N–H and O–H groups in total. The molecule has 1 atom stereocenters. The lowest BCUT2D eigenvalue weighted by Gasteiger charge is -2.24. The summed E-state index contributed by atoms with van der Waals surface area (Å²) in [6.07, 6.45) is -0.571. The predicted molar refractivity (Wildman–Crippen MR) is 105 cm³/mol. The van der Waals surface area contributed by atoms with Crippen LogP contribution in [0.15, 0.2) is 30.3 Å². The number of amides is 3. The minimum atomic E-state index is -2.42. The molecular formula is C21H18F3N3O5. The first kappa shape index (κ1) is 21.6. The fraction of sp³-hybridized carbons (Fsp3) is 0.286. The third-order valence-corrected chi connectivity index (χ3v) is 5.29. The smallest absolute Gasteiger partial charge is 0.407 e. The highest BCUT2D eigenvalue weighted by Crippen LogP contribution is 2.33. The zero-order valence-corrected chi connectivity index (χ0v) is 16.6. The van der Waals surface area contributed by atoms with Crippen LogP contribution in [0.4, 0.5) is 29.3 Å². The fourth-order valence-electron chi connectivity index (χ4n) is 3.64. The third-order valence-electron chi connectivity index (χ3n) is 5.29. The standard InChI is InChI=1S/C21H18F3N3O5/c22-14-7-11(8-15(23)18(14)24)10-25-20(30)32-21(31)5-6-27(19(21)29)13-2-3-16-12(9-13)1-4-17(28)26-16/h2-3,7-9,31H,1,4-6,10H2,(H,25,30)(H,26,28)/t21-/m0/s1. The highest BCUT2D eigenvalue weighted by Gasteiger charge is 2.49. The van der Waals surface area contributed by atoms with Gasteiger partial charge in [0, 0.05) is 37.3 Å². The number of nitrogens with one attached hydrogen (secondary N) is 2. The van der Waals surface area contributed by atoms with Crippen LogP contribution in [0.3, 0.4) is 0 Å². The molecule has 32 heavy (non-hydrogen) atoms. The number of nitrogens with zero attached hydrogens (tertiary/aromatic N) is 1. The Balaban J connectivity index is 1.40. The number of hydrogen-bond acceptors (Lipinski definition) is 5. The maximum Gasteiger partial charge on any atom is 0.410 e. The van der Waals surface area contributed by atoms with Gasteiger partial charge in [0.05, 0.1) is 0 Å². The highest BCUT2D eigenvalue weighted by molar-refractivity contribution is 6.02. The maximum absolute atomic E-state index is 13.3. The summed E-state index contributed by atoms with van der Waals surface area (Å²) >= 11 is 0. The molecule has 0 unspecified atom stereocenters. The molecular weight excluding hydrogens is 431 g/mol. The number of rotatable bonds is 4. The fourth-order valence-corrected chi connectivity index (χ4v) is 3.64. The van der Waals surface area contributed by atoms with Crippen LogP contribution in [0.25, 0.3) is 0 Å². The van der Waals surface area contributed by atoms with E-state index in [-0.39, 0.29) is 24.4 Å².